The number of carbonyl (C=O) groups is 1. The lowest BCUT2D eigenvalue weighted by Gasteiger charge is -2.10. The van der Waals surface area contributed by atoms with E-state index in [-0.39, 0.29) is 11.9 Å². The molecule has 4 heteroatoms. The van der Waals surface area contributed by atoms with Crippen molar-refractivity contribution in [3.63, 3.8) is 0 Å². The van der Waals surface area contributed by atoms with Gasteiger partial charge in [0.15, 0.2) is 0 Å². The Labute approximate surface area is 101 Å². The highest BCUT2D eigenvalue weighted by Crippen LogP contribution is 2.36. The fourth-order valence-electron chi connectivity index (χ4n) is 2.11. The molecule has 1 heterocycles. The maximum absolute atomic E-state index is 11.5. The van der Waals surface area contributed by atoms with Gasteiger partial charge in [0.05, 0.1) is 20.1 Å². The maximum Gasteiger partial charge on any atom is 0.306 e. The zero-order valence-corrected chi connectivity index (χ0v) is 10.2. The van der Waals surface area contributed by atoms with Crippen molar-refractivity contribution in [2.75, 3.05) is 25.6 Å². The lowest BCUT2D eigenvalue weighted by molar-refractivity contribution is -0.143. The number of esters is 1. The minimum atomic E-state index is -0.144. The van der Waals surface area contributed by atoms with Gasteiger partial charge in [-0.25, -0.2) is 0 Å². The molecule has 0 spiro atoms. The van der Waals surface area contributed by atoms with Crippen LogP contribution in [0.1, 0.15) is 24.8 Å². The molecule has 0 aliphatic carbocycles. The predicted octanol–water partition coefficient (Wildman–Crippen LogP) is 2.16. The minimum Gasteiger partial charge on any atom is -0.497 e. The maximum atomic E-state index is 11.5. The largest absolute Gasteiger partial charge is 0.497 e. The molecule has 1 aromatic rings. The Bertz CT molecular complexity index is 417. The quantitative estimate of drug-likeness (QED) is 0.812. The van der Waals surface area contributed by atoms with Gasteiger partial charge in [0.2, 0.25) is 0 Å². The molecule has 0 saturated heterocycles. The summed E-state index contributed by atoms with van der Waals surface area (Å²) in [5, 5.41) is 3.29. The third-order valence-corrected chi connectivity index (χ3v) is 2.96. The minimum absolute atomic E-state index is 0.144. The third-order valence-electron chi connectivity index (χ3n) is 2.96. The van der Waals surface area contributed by atoms with Crippen molar-refractivity contribution in [2.45, 2.75) is 19.3 Å². The summed E-state index contributed by atoms with van der Waals surface area (Å²) in [6.45, 7) is 3.03. The molecule has 1 aliphatic heterocycles. The summed E-state index contributed by atoms with van der Waals surface area (Å²) >= 11 is 0. The van der Waals surface area contributed by atoms with Gasteiger partial charge in [-0.3, -0.25) is 4.79 Å². The second kappa shape index (κ2) is 5.08. The van der Waals surface area contributed by atoms with Gasteiger partial charge in [0.25, 0.3) is 0 Å². The summed E-state index contributed by atoms with van der Waals surface area (Å²) in [7, 11) is 1.64. The molecule has 1 N–H and O–H groups in total. The van der Waals surface area contributed by atoms with E-state index in [4.69, 9.17) is 9.47 Å². The van der Waals surface area contributed by atoms with Crippen molar-refractivity contribution in [3.05, 3.63) is 23.8 Å². The highest BCUT2D eigenvalue weighted by Gasteiger charge is 2.25. The molecular weight excluding hydrogens is 218 g/mol. The van der Waals surface area contributed by atoms with Crippen LogP contribution in [0.5, 0.6) is 5.75 Å². The number of ether oxygens (including phenoxy) is 2. The number of carbonyl (C=O) groups excluding carboxylic acids is 1. The van der Waals surface area contributed by atoms with E-state index in [0.717, 1.165) is 23.5 Å². The van der Waals surface area contributed by atoms with Crippen molar-refractivity contribution < 1.29 is 14.3 Å². The van der Waals surface area contributed by atoms with Crippen LogP contribution in [0.15, 0.2) is 18.2 Å². The van der Waals surface area contributed by atoms with Crippen LogP contribution in [0.4, 0.5) is 5.69 Å². The van der Waals surface area contributed by atoms with E-state index in [1.54, 1.807) is 7.11 Å². The third kappa shape index (κ3) is 2.52. The number of fused-ring (bicyclic) bond motifs is 1. The Balaban J connectivity index is 2.12. The topological polar surface area (TPSA) is 47.6 Å². The first-order valence-corrected chi connectivity index (χ1v) is 5.82. The number of rotatable bonds is 4. The van der Waals surface area contributed by atoms with Crippen LogP contribution in [-0.2, 0) is 9.53 Å². The van der Waals surface area contributed by atoms with Crippen LogP contribution in [0, 0.1) is 0 Å². The Morgan fingerprint density at radius 3 is 3.06 bits per heavy atom. The number of hydrogen-bond acceptors (Lipinski definition) is 4. The van der Waals surface area contributed by atoms with E-state index in [9.17, 15) is 4.79 Å². The average molecular weight is 235 g/mol. The molecule has 0 fully saturated rings. The van der Waals surface area contributed by atoms with Crippen LogP contribution in [0.2, 0.25) is 0 Å². The van der Waals surface area contributed by atoms with E-state index >= 15 is 0 Å². The fraction of sp³-hybridized carbons (Fsp3) is 0.462. The molecule has 17 heavy (non-hydrogen) atoms. The summed E-state index contributed by atoms with van der Waals surface area (Å²) < 4.78 is 10.2. The molecule has 1 atom stereocenters. The molecule has 0 bridgehead atoms. The first-order chi connectivity index (χ1) is 8.24. The molecule has 1 aliphatic rings. The van der Waals surface area contributed by atoms with Crippen LogP contribution in [-0.4, -0.2) is 26.2 Å². The normalized spacial score (nSPS) is 17.2. The van der Waals surface area contributed by atoms with E-state index in [1.165, 1.54) is 0 Å². The molecule has 92 valence electrons. The monoisotopic (exact) mass is 235 g/mol. The van der Waals surface area contributed by atoms with Gasteiger partial charge in [0, 0.05) is 18.2 Å². The number of anilines is 1. The fourth-order valence-corrected chi connectivity index (χ4v) is 2.11. The van der Waals surface area contributed by atoms with E-state index < -0.39 is 0 Å². The van der Waals surface area contributed by atoms with Crippen molar-refractivity contribution in [1.29, 1.82) is 0 Å². The van der Waals surface area contributed by atoms with Gasteiger partial charge in [-0.1, -0.05) is 0 Å². The Kier molecular flexibility index (Phi) is 3.52. The molecule has 4 nitrogen and oxygen atoms in total. The Morgan fingerprint density at radius 2 is 2.35 bits per heavy atom. The van der Waals surface area contributed by atoms with Gasteiger partial charge in [-0.15, -0.1) is 0 Å². The molecule has 1 unspecified atom stereocenters. The van der Waals surface area contributed by atoms with Gasteiger partial charge < -0.3 is 14.8 Å². The van der Waals surface area contributed by atoms with Crippen LogP contribution >= 0.6 is 0 Å². The molecule has 0 saturated carbocycles. The molecule has 0 amide bonds. The second-order valence-corrected chi connectivity index (χ2v) is 4.04. The number of hydrogen-bond donors (Lipinski definition) is 1. The Morgan fingerprint density at radius 1 is 1.53 bits per heavy atom. The zero-order valence-electron chi connectivity index (χ0n) is 10.2. The van der Waals surface area contributed by atoms with Gasteiger partial charge in [-0.2, -0.15) is 0 Å². The number of nitrogens with one attached hydrogen (secondary N) is 1. The van der Waals surface area contributed by atoms with Gasteiger partial charge in [0.1, 0.15) is 5.75 Å². The summed E-state index contributed by atoms with van der Waals surface area (Å²) in [5.41, 5.74) is 2.22. The van der Waals surface area contributed by atoms with E-state index in [0.29, 0.717) is 13.0 Å². The summed E-state index contributed by atoms with van der Waals surface area (Å²) in [6.07, 6.45) is 0.418. The molecule has 1 aromatic carbocycles. The number of methoxy groups -OCH3 is 1. The Hall–Kier alpha value is -1.71. The predicted molar refractivity (Wildman–Crippen MR) is 65.5 cm³/mol. The highest BCUT2D eigenvalue weighted by molar-refractivity contribution is 5.73. The average Bonchev–Trinajstić information content (AvgIpc) is 2.72. The standard InChI is InChI=1S/C13H17NO3/c1-3-17-13(15)6-9-8-14-12-5-4-10(16-2)7-11(9)12/h4-5,7,9,14H,3,6,8H2,1-2H3. The summed E-state index contributed by atoms with van der Waals surface area (Å²) in [5.74, 6) is 0.857. The summed E-state index contributed by atoms with van der Waals surface area (Å²) in [4.78, 5) is 11.5. The zero-order chi connectivity index (χ0) is 12.3. The van der Waals surface area contributed by atoms with Crippen LogP contribution in [0.25, 0.3) is 0 Å². The van der Waals surface area contributed by atoms with Crippen LogP contribution in [0.3, 0.4) is 0 Å². The lowest BCUT2D eigenvalue weighted by Crippen LogP contribution is -2.11. The molecule has 0 radical (unpaired) electrons. The second-order valence-electron chi connectivity index (χ2n) is 4.04. The first-order valence-electron chi connectivity index (χ1n) is 5.82. The van der Waals surface area contributed by atoms with Crippen LogP contribution < -0.4 is 10.1 Å². The number of benzene rings is 1. The summed E-state index contributed by atoms with van der Waals surface area (Å²) in [6, 6.07) is 5.89. The van der Waals surface area contributed by atoms with E-state index in [2.05, 4.69) is 5.32 Å². The van der Waals surface area contributed by atoms with E-state index in [1.807, 2.05) is 25.1 Å². The highest BCUT2D eigenvalue weighted by atomic mass is 16.5. The van der Waals surface area contributed by atoms with Gasteiger partial charge in [-0.05, 0) is 30.7 Å². The van der Waals surface area contributed by atoms with Crippen molar-refractivity contribution >= 4 is 11.7 Å². The molecule has 2 rings (SSSR count). The smallest absolute Gasteiger partial charge is 0.306 e. The molecule has 0 aromatic heterocycles. The van der Waals surface area contributed by atoms with Crippen molar-refractivity contribution in [2.24, 2.45) is 0 Å². The van der Waals surface area contributed by atoms with Gasteiger partial charge >= 0.3 is 5.97 Å². The lowest BCUT2D eigenvalue weighted by atomic mass is 9.98. The molecular formula is C13H17NO3. The van der Waals surface area contributed by atoms with Crippen molar-refractivity contribution in [1.82, 2.24) is 0 Å². The first kappa shape index (κ1) is 11.8. The van der Waals surface area contributed by atoms with Crippen molar-refractivity contribution in [3.8, 4) is 5.75 Å². The SMILES string of the molecule is CCOC(=O)CC1CNc2ccc(OC)cc21.